The molecule has 0 aromatic heterocycles. The number of allylic oxidation sites excluding steroid dienone is 3. The third kappa shape index (κ3) is 3.98. The first-order valence-corrected chi connectivity index (χ1v) is 7.51. The van der Waals surface area contributed by atoms with Crippen molar-refractivity contribution in [2.45, 2.75) is 26.7 Å². The van der Waals surface area contributed by atoms with Crippen LogP contribution in [0.2, 0.25) is 0 Å². The minimum atomic E-state index is -0.280. The largest absolute Gasteiger partial charge is 0.243 e. The monoisotopic (exact) mass is 317 g/mol. The molecule has 0 saturated heterocycles. The van der Waals surface area contributed by atoms with Crippen molar-refractivity contribution in [3.63, 3.8) is 0 Å². The molecule has 0 saturated carbocycles. The highest BCUT2D eigenvalue weighted by atomic mass is 35.5. The Balaban J connectivity index is 2.40. The first-order valence-electron chi connectivity index (χ1n) is 7.13. The highest BCUT2D eigenvalue weighted by Crippen LogP contribution is 2.20. The second-order valence-electron chi connectivity index (χ2n) is 4.68. The molecule has 5 heteroatoms. The Bertz CT molecular complexity index is 682. The molecule has 0 unspecified atom stereocenters. The van der Waals surface area contributed by atoms with Crippen LogP contribution in [0.1, 0.15) is 32.3 Å². The van der Waals surface area contributed by atoms with Crippen molar-refractivity contribution in [1.82, 2.24) is 0 Å². The van der Waals surface area contributed by atoms with Gasteiger partial charge in [-0.25, -0.2) is 19.4 Å². The fraction of sp³-hybridized carbons (Fsp3) is 0.235. The number of nitrogens with zero attached hydrogens (tertiary/aromatic N) is 3. The van der Waals surface area contributed by atoms with E-state index < -0.39 is 0 Å². The fourth-order valence-electron chi connectivity index (χ4n) is 1.94. The van der Waals surface area contributed by atoms with Gasteiger partial charge in [-0.3, -0.25) is 0 Å². The maximum atomic E-state index is 13.1. The van der Waals surface area contributed by atoms with Crippen LogP contribution < -0.4 is 0 Å². The molecule has 0 amide bonds. The van der Waals surface area contributed by atoms with Crippen molar-refractivity contribution in [3.8, 4) is 0 Å². The molecule has 22 heavy (non-hydrogen) atoms. The second kappa shape index (κ2) is 7.80. The first kappa shape index (κ1) is 16.3. The van der Waals surface area contributed by atoms with Gasteiger partial charge in [-0.1, -0.05) is 37.1 Å². The van der Waals surface area contributed by atoms with Crippen LogP contribution in [0.25, 0.3) is 5.70 Å². The average molecular weight is 318 g/mol. The van der Waals surface area contributed by atoms with E-state index in [-0.39, 0.29) is 5.82 Å². The molecule has 0 fully saturated rings. The SMILES string of the molecule is C\C=C(/N=C1/C(Cl)=NC=N/C1=C\CCC)c1ccc(F)cc1. The number of unbranched alkanes of at least 4 members (excludes halogenated alkanes) is 1. The molecule has 2 rings (SSSR count). The van der Waals surface area contributed by atoms with E-state index in [9.17, 15) is 4.39 Å². The average Bonchev–Trinajstić information content (AvgIpc) is 2.53. The van der Waals surface area contributed by atoms with E-state index in [0.29, 0.717) is 22.3 Å². The highest BCUT2D eigenvalue weighted by molar-refractivity contribution is 6.86. The summed E-state index contributed by atoms with van der Waals surface area (Å²) in [7, 11) is 0. The molecule has 1 aliphatic heterocycles. The Kier molecular flexibility index (Phi) is 5.78. The predicted molar refractivity (Wildman–Crippen MR) is 92.3 cm³/mol. The van der Waals surface area contributed by atoms with Gasteiger partial charge in [-0.2, -0.15) is 0 Å². The normalized spacial score (nSPS) is 18.9. The van der Waals surface area contributed by atoms with Gasteiger partial charge in [0.2, 0.25) is 0 Å². The number of rotatable bonds is 4. The zero-order chi connectivity index (χ0) is 15.9. The Morgan fingerprint density at radius 1 is 1.32 bits per heavy atom. The summed E-state index contributed by atoms with van der Waals surface area (Å²) in [5.41, 5.74) is 2.76. The third-order valence-electron chi connectivity index (χ3n) is 3.08. The van der Waals surface area contributed by atoms with Gasteiger partial charge in [0.15, 0.2) is 5.17 Å². The van der Waals surface area contributed by atoms with Gasteiger partial charge in [0, 0.05) is 0 Å². The van der Waals surface area contributed by atoms with Crippen LogP contribution in [-0.2, 0) is 0 Å². The van der Waals surface area contributed by atoms with Crippen LogP contribution in [0.4, 0.5) is 4.39 Å². The van der Waals surface area contributed by atoms with E-state index in [1.54, 1.807) is 12.1 Å². The molecule has 0 N–H and O–H groups in total. The molecule has 1 aromatic carbocycles. The molecule has 1 aromatic rings. The van der Waals surface area contributed by atoms with Crippen LogP contribution in [-0.4, -0.2) is 17.2 Å². The quantitative estimate of drug-likeness (QED) is 0.750. The van der Waals surface area contributed by atoms with Crippen LogP contribution in [0, 0.1) is 5.82 Å². The van der Waals surface area contributed by atoms with Crippen molar-refractivity contribution in [2.24, 2.45) is 15.0 Å². The van der Waals surface area contributed by atoms with Gasteiger partial charge in [-0.15, -0.1) is 0 Å². The lowest BCUT2D eigenvalue weighted by Gasteiger charge is -2.10. The molecule has 0 radical (unpaired) electrons. The Morgan fingerprint density at radius 3 is 2.68 bits per heavy atom. The summed E-state index contributed by atoms with van der Waals surface area (Å²) in [5, 5.41) is 0.304. The van der Waals surface area contributed by atoms with E-state index in [2.05, 4.69) is 21.9 Å². The van der Waals surface area contributed by atoms with E-state index in [1.165, 1.54) is 18.5 Å². The zero-order valence-electron chi connectivity index (χ0n) is 12.6. The summed E-state index contributed by atoms with van der Waals surface area (Å²) in [4.78, 5) is 12.8. The zero-order valence-corrected chi connectivity index (χ0v) is 13.3. The molecule has 0 spiro atoms. The van der Waals surface area contributed by atoms with Crippen molar-refractivity contribution in [3.05, 3.63) is 53.5 Å². The van der Waals surface area contributed by atoms with Gasteiger partial charge in [0.05, 0.1) is 11.4 Å². The number of benzene rings is 1. The van der Waals surface area contributed by atoms with Gasteiger partial charge >= 0.3 is 0 Å². The number of hydrogen-bond donors (Lipinski definition) is 0. The van der Waals surface area contributed by atoms with E-state index >= 15 is 0 Å². The summed E-state index contributed by atoms with van der Waals surface area (Å²) in [6.07, 6.45) is 7.16. The van der Waals surface area contributed by atoms with Gasteiger partial charge in [0.1, 0.15) is 17.9 Å². The summed E-state index contributed by atoms with van der Waals surface area (Å²) >= 11 is 6.17. The van der Waals surface area contributed by atoms with E-state index in [4.69, 9.17) is 11.6 Å². The van der Waals surface area contributed by atoms with E-state index in [1.807, 2.05) is 19.1 Å². The molecular formula is C17H17ClFN3. The lowest BCUT2D eigenvalue weighted by Crippen LogP contribution is -2.14. The lowest BCUT2D eigenvalue weighted by atomic mass is 10.1. The fourth-order valence-corrected chi connectivity index (χ4v) is 2.12. The standard InChI is InChI=1S/C17H17ClFN3/c1-3-5-6-15-16(17(18)21-11-20-15)22-14(4-2)12-7-9-13(19)10-8-12/h4,6-11H,3,5H2,1-2H3/b14-4-,15-6-,22-16+. The first-order chi connectivity index (χ1) is 10.7. The lowest BCUT2D eigenvalue weighted by molar-refractivity contribution is 0.627. The topological polar surface area (TPSA) is 37.1 Å². The van der Waals surface area contributed by atoms with Crippen LogP contribution in [0.3, 0.4) is 0 Å². The van der Waals surface area contributed by atoms with Crippen LogP contribution in [0.5, 0.6) is 0 Å². The molecule has 0 bridgehead atoms. The molecule has 114 valence electrons. The Labute approximate surface area is 134 Å². The molecule has 1 aliphatic rings. The number of hydrogen-bond acceptors (Lipinski definition) is 3. The summed E-state index contributed by atoms with van der Waals surface area (Å²) in [6.45, 7) is 3.96. The van der Waals surface area contributed by atoms with Gasteiger partial charge in [-0.05, 0) is 43.2 Å². The van der Waals surface area contributed by atoms with Crippen molar-refractivity contribution < 1.29 is 4.39 Å². The highest BCUT2D eigenvalue weighted by Gasteiger charge is 2.16. The molecule has 0 atom stereocenters. The summed E-state index contributed by atoms with van der Waals surface area (Å²) < 4.78 is 13.1. The van der Waals surface area contributed by atoms with E-state index in [0.717, 1.165) is 18.4 Å². The van der Waals surface area contributed by atoms with Crippen LogP contribution >= 0.6 is 11.6 Å². The molecule has 1 heterocycles. The molecular weight excluding hydrogens is 301 g/mol. The maximum absolute atomic E-state index is 13.1. The maximum Gasteiger partial charge on any atom is 0.158 e. The summed E-state index contributed by atoms with van der Waals surface area (Å²) in [5.74, 6) is -0.280. The van der Waals surface area contributed by atoms with Crippen molar-refractivity contribution in [2.75, 3.05) is 0 Å². The van der Waals surface area contributed by atoms with Crippen LogP contribution in [0.15, 0.2) is 57.1 Å². The smallest absolute Gasteiger partial charge is 0.158 e. The third-order valence-corrected chi connectivity index (χ3v) is 3.35. The minimum Gasteiger partial charge on any atom is -0.243 e. The van der Waals surface area contributed by atoms with Gasteiger partial charge < -0.3 is 0 Å². The van der Waals surface area contributed by atoms with Gasteiger partial charge in [0.25, 0.3) is 0 Å². The Morgan fingerprint density at radius 2 is 2.05 bits per heavy atom. The predicted octanol–water partition coefficient (Wildman–Crippen LogP) is 4.99. The Hall–Kier alpha value is -2.07. The number of halogens is 2. The molecule has 3 nitrogen and oxygen atoms in total. The van der Waals surface area contributed by atoms with Crippen molar-refractivity contribution >= 4 is 34.5 Å². The molecule has 0 aliphatic carbocycles. The number of aliphatic imine (C=N–C) groups is 3. The minimum absolute atomic E-state index is 0.280. The second-order valence-corrected chi connectivity index (χ2v) is 5.04. The summed E-state index contributed by atoms with van der Waals surface area (Å²) in [6, 6.07) is 6.17. The van der Waals surface area contributed by atoms with Crippen molar-refractivity contribution in [1.29, 1.82) is 0 Å².